The van der Waals surface area contributed by atoms with E-state index in [1.54, 1.807) is 0 Å². The van der Waals surface area contributed by atoms with Crippen LogP contribution in [0.5, 0.6) is 0 Å². The van der Waals surface area contributed by atoms with Gasteiger partial charge in [-0.2, -0.15) is 0 Å². The molecule has 0 aliphatic heterocycles. The Balaban J connectivity index is 1.70. The summed E-state index contributed by atoms with van der Waals surface area (Å²) in [7, 11) is 0. The molecule has 0 saturated heterocycles. The molecule has 2 aliphatic carbocycles. The van der Waals surface area contributed by atoms with Crippen molar-refractivity contribution in [3.63, 3.8) is 0 Å². The summed E-state index contributed by atoms with van der Waals surface area (Å²) in [5, 5.41) is 3.44. The Kier molecular flexibility index (Phi) is 3.89. The van der Waals surface area contributed by atoms with E-state index >= 15 is 0 Å². The predicted octanol–water partition coefficient (Wildman–Crippen LogP) is 1.02. The fourth-order valence-electron chi connectivity index (χ4n) is 3.11. The molecular weight excluding hydrogens is 220 g/mol. The maximum atomic E-state index is 10.4. The van der Waals surface area contributed by atoms with Gasteiger partial charge in [-0.25, -0.2) is 4.79 Å². The molecule has 98 valence electrons. The van der Waals surface area contributed by atoms with Crippen LogP contribution in [0.1, 0.15) is 32.6 Å². The van der Waals surface area contributed by atoms with Gasteiger partial charge in [-0.05, 0) is 26.2 Å². The Bertz CT molecular complexity index is 279. The van der Waals surface area contributed by atoms with Crippen molar-refractivity contribution in [3.05, 3.63) is 0 Å². The lowest BCUT2D eigenvalue weighted by molar-refractivity contribution is -0.172. The highest BCUT2D eigenvalue weighted by molar-refractivity contribution is 5.64. The molecule has 2 unspecified atom stereocenters. The average Bonchev–Trinajstić information content (AvgIpc) is 2.18. The summed E-state index contributed by atoms with van der Waals surface area (Å²) in [4.78, 5) is 10.4. The molecule has 3 N–H and O–H groups in total. The second-order valence-electron chi connectivity index (χ2n) is 4.94. The molecule has 0 aromatic heterocycles. The minimum atomic E-state index is -0.703. The van der Waals surface area contributed by atoms with E-state index in [1.807, 2.05) is 6.92 Å². The van der Waals surface area contributed by atoms with E-state index in [-0.39, 0.29) is 0 Å². The molecule has 5 heteroatoms. The van der Waals surface area contributed by atoms with E-state index in [0.29, 0.717) is 30.7 Å². The van der Waals surface area contributed by atoms with Gasteiger partial charge in [0.2, 0.25) is 0 Å². The average molecular weight is 242 g/mol. The standard InChI is InChI=1S/C12H22N2O3/c1-2-16-10-8-9(12(10)4-3-5-12)14-6-7-17-11(13)15/h9-10,14H,2-8H2,1H3,(H2,13,15). The van der Waals surface area contributed by atoms with Crippen LogP contribution >= 0.6 is 0 Å². The Morgan fingerprint density at radius 1 is 1.53 bits per heavy atom. The first kappa shape index (κ1) is 12.6. The van der Waals surface area contributed by atoms with Gasteiger partial charge in [0.05, 0.1) is 6.10 Å². The topological polar surface area (TPSA) is 73.6 Å². The fraction of sp³-hybridized carbons (Fsp3) is 0.917. The number of nitrogens with two attached hydrogens (primary N) is 1. The lowest BCUT2D eigenvalue weighted by atomic mass is 9.51. The molecule has 2 atom stereocenters. The summed E-state index contributed by atoms with van der Waals surface area (Å²) in [6.45, 7) is 3.87. The number of carbonyl (C=O) groups excluding carboxylic acids is 1. The summed E-state index contributed by atoms with van der Waals surface area (Å²) < 4.78 is 10.5. The summed E-state index contributed by atoms with van der Waals surface area (Å²) in [6, 6.07) is 0.518. The van der Waals surface area contributed by atoms with Crippen LogP contribution in [0.15, 0.2) is 0 Å². The third-order valence-electron chi connectivity index (χ3n) is 4.17. The summed E-state index contributed by atoms with van der Waals surface area (Å²) in [6.07, 6.45) is 4.61. The number of hydrogen-bond acceptors (Lipinski definition) is 4. The first-order valence-electron chi connectivity index (χ1n) is 6.46. The van der Waals surface area contributed by atoms with Crippen LogP contribution in [0, 0.1) is 5.41 Å². The molecule has 0 heterocycles. The molecule has 1 amide bonds. The first-order valence-corrected chi connectivity index (χ1v) is 6.46. The number of rotatable bonds is 6. The van der Waals surface area contributed by atoms with Gasteiger partial charge in [0.25, 0.3) is 0 Å². The highest BCUT2D eigenvalue weighted by Crippen LogP contribution is 2.57. The lowest BCUT2D eigenvalue weighted by Gasteiger charge is -2.61. The fourth-order valence-corrected chi connectivity index (χ4v) is 3.11. The molecule has 0 radical (unpaired) electrons. The van der Waals surface area contributed by atoms with E-state index in [4.69, 9.17) is 15.2 Å². The second-order valence-corrected chi connectivity index (χ2v) is 4.94. The van der Waals surface area contributed by atoms with Crippen molar-refractivity contribution >= 4 is 6.09 Å². The molecular formula is C12H22N2O3. The Labute approximate surface area is 102 Å². The van der Waals surface area contributed by atoms with Gasteiger partial charge >= 0.3 is 6.09 Å². The van der Waals surface area contributed by atoms with Gasteiger partial charge in [-0.15, -0.1) is 0 Å². The number of nitrogens with one attached hydrogen (secondary N) is 1. The highest BCUT2D eigenvalue weighted by atomic mass is 16.5. The molecule has 0 aromatic rings. The molecule has 2 fully saturated rings. The summed E-state index contributed by atoms with van der Waals surface area (Å²) in [5.41, 5.74) is 5.26. The zero-order valence-corrected chi connectivity index (χ0v) is 10.4. The quantitative estimate of drug-likeness (QED) is 0.682. The normalized spacial score (nSPS) is 29.5. The van der Waals surface area contributed by atoms with E-state index in [0.717, 1.165) is 13.0 Å². The van der Waals surface area contributed by atoms with E-state index in [9.17, 15) is 4.79 Å². The molecule has 2 saturated carbocycles. The number of amides is 1. The molecule has 0 aromatic carbocycles. The third kappa shape index (κ3) is 2.40. The Hall–Kier alpha value is -0.810. The molecule has 1 spiro atoms. The lowest BCUT2D eigenvalue weighted by Crippen LogP contribution is -2.67. The van der Waals surface area contributed by atoms with Crippen LogP contribution in [-0.2, 0) is 9.47 Å². The van der Waals surface area contributed by atoms with Gasteiger partial charge in [-0.1, -0.05) is 6.42 Å². The van der Waals surface area contributed by atoms with E-state index < -0.39 is 6.09 Å². The van der Waals surface area contributed by atoms with Gasteiger partial charge in [0, 0.05) is 24.6 Å². The Morgan fingerprint density at radius 2 is 2.29 bits per heavy atom. The van der Waals surface area contributed by atoms with Gasteiger partial charge in [0.15, 0.2) is 0 Å². The van der Waals surface area contributed by atoms with E-state index in [1.165, 1.54) is 19.3 Å². The second kappa shape index (κ2) is 5.23. The van der Waals surface area contributed by atoms with Crippen LogP contribution in [0.3, 0.4) is 0 Å². The van der Waals surface area contributed by atoms with Crippen molar-refractivity contribution in [1.82, 2.24) is 5.32 Å². The zero-order valence-electron chi connectivity index (χ0n) is 10.4. The molecule has 2 aliphatic rings. The highest BCUT2D eigenvalue weighted by Gasteiger charge is 2.58. The van der Waals surface area contributed by atoms with Crippen LogP contribution in [-0.4, -0.2) is 38.0 Å². The zero-order chi connectivity index (χ0) is 12.3. The van der Waals surface area contributed by atoms with Gasteiger partial charge in [0.1, 0.15) is 6.61 Å². The minimum Gasteiger partial charge on any atom is -0.448 e. The van der Waals surface area contributed by atoms with Crippen molar-refractivity contribution in [2.24, 2.45) is 11.1 Å². The SMILES string of the molecule is CCOC1CC(NCCOC(N)=O)C12CCC2. The van der Waals surface area contributed by atoms with Crippen molar-refractivity contribution in [2.45, 2.75) is 44.8 Å². The van der Waals surface area contributed by atoms with E-state index in [2.05, 4.69) is 5.32 Å². The van der Waals surface area contributed by atoms with Crippen molar-refractivity contribution in [3.8, 4) is 0 Å². The largest absolute Gasteiger partial charge is 0.448 e. The molecule has 2 rings (SSSR count). The van der Waals surface area contributed by atoms with Gasteiger partial charge in [-0.3, -0.25) is 0 Å². The third-order valence-corrected chi connectivity index (χ3v) is 4.17. The number of primary amides is 1. The van der Waals surface area contributed by atoms with Crippen LogP contribution in [0.4, 0.5) is 4.79 Å². The van der Waals surface area contributed by atoms with Crippen molar-refractivity contribution < 1.29 is 14.3 Å². The maximum Gasteiger partial charge on any atom is 0.404 e. The molecule has 0 bridgehead atoms. The first-order chi connectivity index (χ1) is 8.19. The van der Waals surface area contributed by atoms with Crippen LogP contribution in [0.25, 0.3) is 0 Å². The summed E-state index contributed by atoms with van der Waals surface area (Å²) >= 11 is 0. The number of hydrogen-bond donors (Lipinski definition) is 2. The van der Waals surface area contributed by atoms with Crippen molar-refractivity contribution in [2.75, 3.05) is 19.8 Å². The van der Waals surface area contributed by atoms with Crippen molar-refractivity contribution in [1.29, 1.82) is 0 Å². The Morgan fingerprint density at radius 3 is 2.82 bits per heavy atom. The maximum absolute atomic E-state index is 10.4. The predicted molar refractivity (Wildman–Crippen MR) is 63.6 cm³/mol. The molecule has 5 nitrogen and oxygen atoms in total. The number of carbonyl (C=O) groups is 1. The molecule has 17 heavy (non-hydrogen) atoms. The monoisotopic (exact) mass is 242 g/mol. The smallest absolute Gasteiger partial charge is 0.404 e. The van der Waals surface area contributed by atoms with Gasteiger partial charge < -0.3 is 20.5 Å². The number of ether oxygens (including phenoxy) is 2. The van der Waals surface area contributed by atoms with Crippen LogP contribution < -0.4 is 11.1 Å². The summed E-state index contributed by atoms with van der Waals surface area (Å²) in [5.74, 6) is 0. The van der Waals surface area contributed by atoms with Crippen LogP contribution in [0.2, 0.25) is 0 Å². The minimum absolute atomic E-state index is 0.348.